The van der Waals surface area contributed by atoms with Gasteiger partial charge in [-0.25, -0.2) is 0 Å². The van der Waals surface area contributed by atoms with Gasteiger partial charge >= 0.3 is 0 Å². The van der Waals surface area contributed by atoms with E-state index in [0.29, 0.717) is 0 Å². The van der Waals surface area contributed by atoms with Crippen LogP contribution in [0.5, 0.6) is 0 Å². The Balaban J connectivity index is 2.88. The number of anilines is 1. The van der Waals surface area contributed by atoms with Crippen LogP contribution in [0.1, 0.15) is 13.8 Å². The third-order valence-electron chi connectivity index (χ3n) is 1.67. The molecule has 1 heteroatoms. The molecule has 0 aliphatic rings. The fraction of sp³-hybridized carbons (Fsp3) is 0.167. The average Bonchev–Trinajstić information content (AvgIpc) is 2.19. The van der Waals surface area contributed by atoms with Crippen molar-refractivity contribution >= 4 is 5.69 Å². The number of rotatable bonds is 3. The molecular weight excluding hydrogens is 158 g/mol. The van der Waals surface area contributed by atoms with Crippen molar-refractivity contribution in [3.63, 3.8) is 0 Å². The zero-order valence-electron chi connectivity index (χ0n) is 8.14. The molecule has 0 spiro atoms. The van der Waals surface area contributed by atoms with Gasteiger partial charge in [-0.3, -0.25) is 0 Å². The first kappa shape index (κ1) is 9.59. The summed E-state index contributed by atoms with van der Waals surface area (Å²) in [7, 11) is 0. The van der Waals surface area contributed by atoms with Gasteiger partial charge in [0.15, 0.2) is 0 Å². The lowest BCUT2D eigenvalue weighted by molar-refractivity contribution is 1.26. The molecule has 0 unspecified atom stereocenters. The van der Waals surface area contributed by atoms with E-state index in [2.05, 4.69) is 17.0 Å². The molecule has 1 rings (SSSR count). The van der Waals surface area contributed by atoms with E-state index < -0.39 is 0 Å². The van der Waals surface area contributed by atoms with Crippen molar-refractivity contribution in [3.05, 3.63) is 54.9 Å². The van der Waals surface area contributed by atoms with Crippen molar-refractivity contribution in [1.82, 2.24) is 0 Å². The third kappa shape index (κ3) is 2.79. The van der Waals surface area contributed by atoms with Gasteiger partial charge in [-0.05, 0) is 26.0 Å². The van der Waals surface area contributed by atoms with Gasteiger partial charge in [0.1, 0.15) is 0 Å². The molecule has 1 nitrogen and oxygen atoms in total. The van der Waals surface area contributed by atoms with Crippen LogP contribution in [-0.2, 0) is 0 Å². The van der Waals surface area contributed by atoms with Crippen LogP contribution in [0.4, 0.5) is 5.69 Å². The van der Waals surface area contributed by atoms with Crippen molar-refractivity contribution in [1.29, 1.82) is 0 Å². The SMILES string of the molecule is C/C=C/N(/C=C/C)c1ccccc1. The summed E-state index contributed by atoms with van der Waals surface area (Å²) in [6.07, 6.45) is 8.12. The highest BCUT2D eigenvalue weighted by molar-refractivity contribution is 5.51. The van der Waals surface area contributed by atoms with Gasteiger partial charge in [-0.2, -0.15) is 0 Å². The summed E-state index contributed by atoms with van der Waals surface area (Å²) in [4.78, 5) is 2.08. The zero-order valence-corrected chi connectivity index (χ0v) is 8.14. The Morgan fingerprint density at radius 2 is 1.46 bits per heavy atom. The normalized spacial score (nSPS) is 11.2. The van der Waals surface area contributed by atoms with Gasteiger partial charge in [0.2, 0.25) is 0 Å². The number of hydrogen-bond acceptors (Lipinski definition) is 1. The maximum atomic E-state index is 2.08. The predicted octanol–water partition coefficient (Wildman–Crippen LogP) is 3.56. The molecular formula is C12H15N. The number of allylic oxidation sites excluding steroid dienone is 2. The molecule has 0 aromatic heterocycles. The number of para-hydroxylation sites is 1. The molecule has 68 valence electrons. The van der Waals surface area contributed by atoms with Gasteiger partial charge in [-0.15, -0.1) is 0 Å². The second-order valence-electron chi connectivity index (χ2n) is 2.71. The summed E-state index contributed by atoms with van der Waals surface area (Å²) in [5, 5.41) is 0. The van der Waals surface area contributed by atoms with Crippen LogP contribution in [-0.4, -0.2) is 0 Å². The fourth-order valence-corrected chi connectivity index (χ4v) is 1.14. The van der Waals surface area contributed by atoms with E-state index >= 15 is 0 Å². The van der Waals surface area contributed by atoms with Gasteiger partial charge in [0.05, 0.1) is 0 Å². The Bertz CT molecular complexity index is 273. The lowest BCUT2D eigenvalue weighted by Crippen LogP contribution is -2.05. The second kappa shape index (κ2) is 5.20. The van der Waals surface area contributed by atoms with E-state index in [0.717, 1.165) is 0 Å². The fourth-order valence-electron chi connectivity index (χ4n) is 1.14. The molecule has 0 heterocycles. The lowest BCUT2D eigenvalue weighted by atomic mass is 10.3. The molecule has 0 radical (unpaired) electrons. The molecule has 1 aromatic carbocycles. The molecule has 0 atom stereocenters. The standard InChI is InChI=1S/C12H15N/c1-3-10-13(11-4-2)12-8-6-5-7-9-12/h3-11H,1-2H3/b10-3+,11-4+. The molecule has 0 aliphatic carbocycles. The van der Waals surface area contributed by atoms with E-state index in [4.69, 9.17) is 0 Å². The Hall–Kier alpha value is -1.50. The van der Waals surface area contributed by atoms with Crippen molar-refractivity contribution in [2.24, 2.45) is 0 Å². The first-order valence-corrected chi connectivity index (χ1v) is 4.47. The Kier molecular flexibility index (Phi) is 3.83. The van der Waals surface area contributed by atoms with Crippen LogP contribution in [0.2, 0.25) is 0 Å². The van der Waals surface area contributed by atoms with Crippen LogP contribution in [0.3, 0.4) is 0 Å². The molecule has 13 heavy (non-hydrogen) atoms. The van der Waals surface area contributed by atoms with Gasteiger partial charge in [-0.1, -0.05) is 30.4 Å². The average molecular weight is 173 g/mol. The molecule has 0 amide bonds. The van der Waals surface area contributed by atoms with Crippen molar-refractivity contribution in [3.8, 4) is 0 Å². The maximum Gasteiger partial charge on any atom is 0.0449 e. The molecule has 1 aromatic rings. The number of benzene rings is 1. The lowest BCUT2D eigenvalue weighted by Gasteiger charge is -2.14. The van der Waals surface area contributed by atoms with Gasteiger partial charge < -0.3 is 4.90 Å². The van der Waals surface area contributed by atoms with Gasteiger partial charge in [0.25, 0.3) is 0 Å². The van der Waals surface area contributed by atoms with Crippen LogP contribution in [0.25, 0.3) is 0 Å². The van der Waals surface area contributed by atoms with Crippen LogP contribution in [0.15, 0.2) is 54.9 Å². The number of nitrogens with zero attached hydrogens (tertiary/aromatic N) is 1. The highest BCUT2D eigenvalue weighted by atomic mass is 15.1. The minimum atomic E-state index is 1.18. The quantitative estimate of drug-likeness (QED) is 0.675. The molecule has 0 bridgehead atoms. The minimum Gasteiger partial charge on any atom is -0.325 e. The topological polar surface area (TPSA) is 3.24 Å². The summed E-state index contributed by atoms with van der Waals surface area (Å²) in [5.74, 6) is 0. The largest absolute Gasteiger partial charge is 0.325 e. The van der Waals surface area contributed by atoms with Gasteiger partial charge in [0, 0.05) is 18.1 Å². The summed E-state index contributed by atoms with van der Waals surface area (Å²) in [6.45, 7) is 4.03. The number of hydrogen-bond donors (Lipinski definition) is 0. The monoisotopic (exact) mass is 173 g/mol. The van der Waals surface area contributed by atoms with Crippen LogP contribution in [0, 0.1) is 0 Å². The minimum absolute atomic E-state index is 1.18. The highest BCUT2D eigenvalue weighted by Gasteiger charge is 1.94. The molecule has 0 saturated heterocycles. The van der Waals surface area contributed by atoms with E-state index in [1.807, 2.05) is 56.6 Å². The van der Waals surface area contributed by atoms with Crippen LogP contribution < -0.4 is 4.90 Å². The second-order valence-corrected chi connectivity index (χ2v) is 2.71. The summed E-state index contributed by atoms with van der Waals surface area (Å²) in [6, 6.07) is 10.3. The molecule has 0 aliphatic heterocycles. The van der Waals surface area contributed by atoms with Crippen molar-refractivity contribution in [2.45, 2.75) is 13.8 Å². The molecule has 0 saturated carbocycles. The Morgan fingerprint density at radius 1 is 0.923 bits per heavy atom. The smallest absolute Gasteiger partial charge is 0.0449 e. The summed E-state index contributed by atoms with van der Waals surface area (Å²) < 4.78 is 0. The highest BCUT2D eigenvalue weighted by Crippen LogP contribution is 2.13. The van der Waals surface area contributed by atoms with E-state index in [1.165, 1.54) is 5.69 Å². The zero-order chi connectivity index (χ0) is 9.52. The first-order valence-electron chi connectivity index (χ1n) is 4.47. The summed E-state index contributed by atoms with van der Waals surface area (Å²) >= 11 is 0. The summed E-state index contributed by atoms with van der Waals surface area (Å²) in [5.41, 5.74) is 1.18. The third-order valence-corrected chi connectivity index (χ3v) is 1.67. The Morgan fingerprint density at radius 3 is 1.92 bits per heavy atom. The van der Waals surface area contributed by atoms with E-state index in [9.17, 15) is 0 Å². The van der Waals surface area contributed by atoms with Crippen LogP contribution >= 0.6 is 0 Å². The molecule has 0 fully saturated rings. The van der Waals surface area contributed by atoms with E-state index in [1.54, 1.807) is 0 Å². The van der Waals surface area contributed by atoms with E-state index in [-0.39, 0.29) is 0 Å². The first-order chi connectivity index (χ1) is 6.38. The van der Waals surface area contributed by atoms with Crippen molar-refractivity contribution in [2.75, 3.05) is 4.90 Å². The predicted molar refractivity (Wildman–Crippen MR) is 58.5 cm³/mol. The van der Waals surface area contributed by atoms with Crippen molar-refractivity contribution < 1.29 is 0 Å². The maximum absolute atomic E-state index is 2.08. The Labute approximate surface area is 80.0 Å². The molecule has 0 N–H and O–H groups in total.